The number of hydrogen-bond acceptors (Lipinski definition) is 6. The molecule has 34 heavy (non-hydrogen) atoms. The Hall–Kier alpha value is -4.01. The number of benzene rings is 3. The van der Waals surface area contributed by atoms with Crippen molar-refractivity contribution in [3.63, 3.8) is 0 Å². The summed E-state index contributed by atoms with van der Waals surface area (Å²) in [6.45, 7) is 0. The standard InChI is InChI=1S/C25H18ClN5O2S/c1-33-18-12-6-15(7-13-18)14-21-24(32)29-25(34-21)22(31-30-17-10-8-16(26)9-11-17)23-27-19-4-2-3-5-20(19)28-23/h2-14H,1H3,(H,27,28)(H,29,32)/b21-14+,25-22-,31-30?. The van der Waals surface area contributed by atoms with E-state index < -0.39 is 0 Å². The van der Waals surface area contributed by atoms with Gasteiger partial charge in [-0.3, -0.25) is 4.79 Å². The summed E-state index contributed by atoms with van der Waals surface area (Å²) in [5.41, 5.74) is 3.38. The molecule has 0 atom stereocenters. The molecule has 0 spiro atoms. The number of methoxy groups -OCH3 is 1. The molecule has 9 heteroatoms. The monoisotopic (exact) mass is 487 g/mol. The van der Waals surface area contributed by atoms with Crippen LogP contribution in [0.5, 0.6) is 5.75 Å². The van der Waals surface area contributed by atoms with Crippen molar-refractivity contribution in [3.8, 4) is 5.75 Å². The maximum Gasteiger partial charge on any atom is 0.266 e. The van der Waals surface area contributed by atoms with Gasteiger partial charge in [0, 0.05) is 5.02 Å². The molecule has 2 heterocycles. The van der Waals surface area contributed by atoms with Crippen LogP contribution in [0.1, 0.15) is 11.4 Å². The molecule has 0 bridgehead atoms. The number of hydrogen-bond donors (Lipinski definition) is 2. The van der Waals surface area contributed by atoms with Crippen LogP contribution in [-0.2, 0) is 0 Å². The first kappa shape index (κ1) is 21.8. The summed E-state index contributed by atoms with van der Waals surface area (Å²) in [5, 5.41) is 9.41. The van der Waals surface area contributed by atoms with Gasteiger partial charge >= 0.3 is 0 Å². The maximum absolute atomic E-state index is 12.8. The highest BCUT2D eigenvalue weighted by atomic mass is 35.5. The number of H-pyrrole nitrogens is 2. The molecule has 0 radical (unpaired) electrons. The normalized spacial score (nSPS) is 13.1. The van der Waals surface area contributed by atoms with Gasteiger partial charge in [-0.15, -0.1) is 16.5 Å². The molecule has 2 N–H and O–H groups in total. The van der Waals surface area contributed by atoms with Crippen molar-refractivity contribution >= 4 is 51.4 Å². The third-order valence-electron chi connectivity index (χ3n) is 5.00. The lowest BCUT2D eigenvalue weighted by atomic mass is 10.2. The summed E-state index contributed by atoms with van der Waals surface area (Å²) in [7, 11) is 1.61. The van der Waals surface area contributed by atoms with Crippen LogP contribution >= 0.6 is 22.9 Å². The SMILES string of the molecule is COc1ccc(/C=c2/s/c(=C(\N=Nc3ccc(Cl)cc3)c3nc4ccccc4[nH]3)[nH]c2=O)cc1. The number of azo groups is 1. The fourth-order valence-corrected chi connectivity index (χ4v) is 4.34. The number of halogens is 1. The zero-order chi connectivity index (χ0) is 23.5. The molecule has 0 aliphatic carbocycles. The fraction of sp³-hybridized carbons (Fsp3) is 0.0400. The Morgan fingerprint density at radius 2 is 1.79 bits per heavy atom. The van der Waals surface area contributed by atoms with E-state index >= 15 is 0 Å². The predicted molar refractivity (Wildman–Crippen MR) is 135 cm³/mol. The smallest absolute Gasteiger partial charge is 0.266 e. The largest absolute Gasteiger partial charge is 0.497 e. The number of rotatable bonds is 5. The van der Waals surface area contributed by atoms with Gasteiger partial charge in [0.2, 0.25) is 0 Å². The van der Waals surface area contributed by atoms with Gasteiger partial charge in [-0.05, 0) is 60.2 Å². The Labute approximate surface area is 202 Å². The minimum absolute atomic E-state index is 0.217. The predicted octanol–water partition coefficient (Wildman–Crippen LogP) is 4.74. The molecule has 0 saturated carbocycles. The fourth-order valence-electron chi connectivity index (χ4n) is 3.28. The van der Waals surface area contributed by atoms with Crippen molar-refractivity contribution in [1.82, 2.24) is 15.0 Å². The third-order valence-corrected chi connectivity index (χ3v) is 6.27. The van der Waals surface area contributed by atoms with E-state index in [0.29, 0.717) is 31.4 Å². The molecule has 0 unspecified atom stereocenters. The van der Waals surface area contributed by atoms with Gasteiger partial charge in [-0.25, -0.2) is 4.98 Å². The molecule has 3 aromatic carbocycles. The summed E-state index contributed by atoms with van der Waals surface area (Å²) >= 11 is 7.26. The highest BCUT2D eigenvalue weighted by Gasteiger charge is 2.11. The van der Waals surface area contributed by atoms with E-state index in [-0.39, 0.29) is 5.56 Å². The van der Waals surface area contributed by atoms with E-state index in [4.69, 9.17) is 16.3 Å². The van der Waals surface area contributed by atoms with Crippen molar-refractivity contribution in [3.05, 3.63) is 109 Å². The van der Waals surface area contributed by atoms with Gasteiger partial charge in [-0.1, -0.05) is 35.9 Å². The lowest BCUT2D eigenvalue weighted by Gasteiger charge is -1.98. The topological polar surface area (TPSA) is 95.5 Å². The molecule has 0 fully saturated rings. The van der Waals surface area contributed by atoms with Crippen LogP contribution < -0.4 is 19.5 Å². The van der Waals surface area contributed by atoms with Gasteiger partial charge < -0.3 is 14.7 Å². The lowest BCUT2D eigenvalue weighted by Crippen LogP contribution is -2.20. The number of aromatic amines is 2. The molecule has 168 valence electrons. The van der Waals surface area contributed by atoms with Crippen LogP contribution in [0, 0.1) is 0 Å². The molecular weight excluding hydrogens is 470 g/mol. The summed E-state index contributed by atoms with van der Waals surface area (Å²) in [6.07, 6.45) is 1.82. The number of nitrogens with one attached hydrogen (secondary N) is 2. The molecule has 5 aromatic rings. The molecule has 0 saturated heterocycles. The van der Waals surface area contributed by atoms with E-state index in [9.17, 15) is 4.79 Å². The average Bonchev–Trinajstić information content (AvgIpc) is 3.44. The Balaban J connectivity index is 1.66. The summed E-state index contributed by atoms with van der Waals surface area (Å²) in [5.74, 6) is 1.26. The summed E-state index contributed by atoms with van der Waals surface area (Å²) in [6, 6.07) is 22.2. The van der Waals surface area contributed by atoms with Crippen LogP contribution in [0.3, 0.4) is 0 Å². The van der Waals surface area contributed by atoms with E-state index in [0.717, 1.165) is 22.3 Å². The maximum atomic E-state index is 12.8. The number of fused-ring (bicyclic) bond motifs is 1. The van der Waals surface area contributed by atoms with Gasteiger partial charge in [-0.2, -0.15) is 5.11 Å². The Kier molecular flexibility index (Phi) is 6.07. The Morgan fingerprint density at radius 1 is 1.03 bits per heavy atom. The first-order valence-electron chi connectivity index (χ1n) is 10.3. The van der Waals surface area contributed by atoms with Crippen LogP contribution in [0.15, 0.2) is 87.8 Å². The second kappa shape index (κ2) is 9.46. The molecule has 0 amide bonds. The van der Waals surface area contributed by atoms with Crippen LogP contribution in [-0.4, -0.2) is 22.1 Å². The second-order valence-corrected chi connectivity index (χ2v) is 8.78. The Morgan fingerprint density at radius 3 is 2.53 bits per heavy atom. The number of imidazole rings is 1. The van der Waals surface area contributed by atoms with Crippen LogP contribution in [0.4, 0.5) is 5.69 Å². The zero-order valence-corrected chi connectivity index (χ0v) is 19.5. The van der Waals surface area contributed by atoms with Crippen LogP contribution in [0.2, 0.25) is 5.02 Å². The molecule has 2 aromatic heterocycles. The first-order chi connectivity index (χ1) is 16.6. The van der Waals surface area contributed by atoms with Gasteiger partial charge in [0.15, 0.2) is 11.5 Å². The highest BCUT2D eigenvalue weighted by molar-refractivity contribution is 7.07. The number of aromatic nitrogens is 3. The molecule has 5 rings (SSSR count). The van der Waals surface area contributed by atoms with Crippen molar-refractivity contribution < 1.29 is 4.74 Å². The summed E-state index contributed by atoms with van der Waals surface area (Å²) < 4.78 is 6.28. The average molecular weight is 488 g/mol. The van der Waals surface area contributed by atoms with Crippen molar-refractivity contribution in [2.45, 2.75) is 0 Å². The van der Waals surface area contributed by atoms with E-state index in [1.165, 1.54) is 11.3 Å². The quantitative estimate of drug-likeness (QED) is 0.350. The van der Waals surface area contributed by atoms with Gasteiger partial charge in [0.1, 0.15) is 10.4 Å². The van der Waals surface area contributed by atoms with E-state index in [1.807, 2.05) is 54.6 Å². The van der Waals surface area contributed by atoms with Crippen molar-refractivity contribution in [2.24, 2.45) is 10.2 Å². The summed E-state index contributed by atoms with van der Waals surface area (Å²) in [4.78, 5) is 23.6. The lowest BCUT2D eigenvalue weighted by molar-refractivity contribution is 0.415. The van der Waals surface area contributed by atoms with Crippen LogP contribution in [0.25, 0.3) is 22.8 Å². The molecule has 7 nitrogen and oxygen atoms in total. The Bertz CT molecular complexity index is 1630. The molecule has 0 aliphatic heterocycles. The number of thiazole rings is 1. The number of nitrogens with zero attached hydrogens (tertiary/aromatic N) is 3. The van der Waals surface area contributed by atoms with Gasteiger partial charge in [0.05, 0.1) is 28.4 Å². The highest BCUT2D eigenvalue weighted by Crippen LogP contribution is 2.21. The first-order valence-corrected chi connectivity index (χ1v) is 11.5. The molecular formula is C25H18ClN5O2S. The van der Waals surface area contributed by atoms with Gasteiger partial charge in [0.25, 0.3) is 5.56 Å². The minimum Gasteiger partial charge on any atom is -0.497 e. The van der Waals surface area contributed by atoms with E-state index in [1.54, 1.807) is 31.4 Å². The number of ether oxygens (including phenoxy) is 1. The zero-order valence-electron chi connectivity index (χ0n) is 17.9. The minimum atomic E-state index is -0.217. The van der Waals surface area contributed by atoms with E-state index in [2.05, 4.69) is 25.2 Å². The number of para-hydroxylation sites is 2. The third kappa shape index (κ3) is 4.68. The molecule has 0 aliphatic rings. The van der Waals surface area contributed by atoms with Crippen molar-refractivity contribution in [2.75, 3.05) is 7.11 Å². The van der Waals surface area contributed by atoms with Crippen molar-refractivity contribution in [1.29, 1.82) is 0 Å². The second-order valence-electron chi connectivity index (χ2n) is 7.29.